The van der Waals surface area contributed by atoms with E-state index in [1.54, 1.807) is 0 Å². The molecule has 0 aromatic rings. The number of hydrogen-bond acceptors (Lipinski definition) is 2. The predicted molar refractivity (Wildman–Crippen MR) is 58.4 cm³/mol. The maximum absolute atomic E-state index is 9.50. The van der Waals surface area contributed by atoms with E-state index in [0.717, 1.165) is 19.4 Å². The highest BCUT2D eigenvalue weighted by molar-refractivity contribution is 4.77. The minimum absolute atomic E-state index is 0.176. The molecule has 84 valence electrons. The van der Waals surface area contributed by atoms with Crippen molar-refractivity contribution in [3.63, 3.8) is 0 Å². The molecule has 0 saturated carbocycles. The smallest absolute Gasteiger partial charge is 0.107 e. The first kappa shape index (κ1) is 12.0. The molecule has 2 heteroatoms. The van der Waals surface area contributed by atoms with E-state index >= 15 is 0 Å². The van der Waals surface area contributed by atoms with E-state index in [1.807, 2.05) is 0 Å². The molecular formula is C12H24O2. The maximum Gasteiger partial charge on any atom is 0.107 e. The van der Waals surface area contributed by atoms with E-state index in [1.165, 1.54) is 38.5 Å². The van der Waals surface area contributed by atoms with Crippen LogP contribution in [0, 0.1) is 0 Å². The van der Waals surface area contributed by atoms with Crippen LogP contribution in [0.5, 0.6) is 0 Å². The third-order valence-electron chi connectivity index (χ3n) is 2.89. The van der Waals surface area contributed by atoms with Crippen molar-refractivity contribution in [2.75, 3.05) is 6.61 Å². The lowest BCUT2D eigenvalue weighted by atomic mass is 10.1. The molecule has 1 rings (SSSR count). The first-order chi connectivity index (χ1) is 6.84. The average molecular weight is 200 g/mol. The van der Waals surface area contributed by atoms with Crippen LogP contribution in [0.4, 0.5) is 0 Å². The molecule has 0 unspecified atom stereocenters. The summed E-state index contributed by atoms with van der Waals surface area (Å²) >= 11 is 0. The highest BCUT2D eigenvalue weighted by atomic mass is 16.6. The third kappa shape index (κ3) is 5.61. The molecule has 0 spiro atoms. The van der Waals surface area contributed by atoms with Gasteiger partial charge in [0.15, 0.2) is 0 Å². The quantitative estimate of drug-likeness (QED) is 0.458. The van der Waals surface area contributed by atoms with Gasteiger partial charge in [-0.25, -0.2) is 0 Å². The summed E-state index contributed by atoms with van der Waals surface area (Å²) in [7, 11) is 0. The van der Waals surface area contributed by atoms with Gasteiger partial charge >= 0.3 is 0 Å². The van der Waals surface area contributed by atoms with Gasteiger partial charge in [0, 0.05) is 0 Å². The van der Waals surface area contributed by atoms with Crippen LogP contribution in [0.2, 0.25) is 0 Å². The van der Waals surface area contributed by atoms with Crippen LogP contribution in [-0.4, -0.2) is 23.9 Å². The fourth-order valence-electron chi connectivity index (χ4n) is 1.77. The standard InChI is InChI=1S/C12H24O2/c1-2-3-4-5-6-7-8-9-11(13)12-10-14-12/h11-13H,2-10H2,1H3/t11-,12-/m0/s1. The van der Waals surface area contributed by atoms with Crippen LogP contribution < -0.4 is 0 Å². The second-order valence-electron chi connectivity index (χ2n) is 4.35. The third-order valence-corrected chi connectivity index (χ3v) is 2.89. The van der Waals surface area contributed by atoms with Gasteiger partial charge in [0.1, 0.15) is 6.10 Å². The van der Waals surface area contributed by atoms with Crippen LogP contribution >= 0.6 is 0 Å². The summed E-state index contributed by atoms with van der Waals surface area (Å²) in [6, 6.07) is 0. The van der Waals surface area contributed by atoms with E-state index in [9.17, 15) is 5.11 Å². The molecule has 14 heavy (non-hydrogen) atoms. The monoisotopic (exact) mass is 200 g/mol. The zero-order valence-corrected chi connectivity index (χ0v) is 9.37. The van der Waals surface area contributed by atoms with Gasteiger partial charge in [-0.3, -0.25) is 0 Å². The summed E-state index contributed by atoms with van der Waals surface area (Å²) in [6.45, 7) is 3.02. The van der Waals surface area contributed by atoms with Crippen molar-refractivity contribution >= 4 is 0 Å². The lowest BCUT2D eigenvalue weighted by molar-refractivity contribution is 0.123. The van der Waals surface area contributed by atoms with Gasteiger partial charge in [0.25, 0.3) is 0 Å². The van der Waals surface area contributed by atoms with E-state index in [-0.39, 0.29) is 12.2 Å². The Morgan fingerprint density at radius 1 is 1.14 bits per heavy atom. The molecule has 1 aliphatic rings. The molecule has 1 N–H and O–H groups in total. The Balaban J connectivity index is 1.75. The van der Waals surface area contributed by atoms with Crippen LogP contribution in [0.15, 0.2) is 0 Å². The fourth-order valence-corrected chi connectivity index (χ4v) is 1.77. The van der Waals surface area contributed by atoms with Gasteiger partial charge in [-0.2, -0.15) is 0 Å². The van der Waals surface area contributed by atoms with Crippen molar-refractivity contribution in [3.05, 3.63) is 0 Å². The summed E-state index contributed by atoms with van der Waals surface area (Å²) in [6.07, 6.45) is 10.1. The first-order valence-electron chi connectivity index (χ1n) is 6.14. The second kappa shape index (κ2) is 7.24. The summed E-state index contributed by atoms with van der Waals surface area (Å²) in [5, 5.41) is 9.50. The Morgan fingerprint density at radius 3 is 2.29 bits per heavy atom. The van der Waals surface area contributed by atoms with Crippen molar-refractivity contribution in [2.45, 2.75) is 70.5 Å². The van der Waals surface area contributed by atoms with Crippen molar-refractivity contribution in [3.8, 4) is 0 Å². The zero-order valence-electron chi connectivity index (χ0n) is 9.37. The minimum Gasteiger partial charge on any atom is -0.390 e. The molecule has 2 atom stereocenters. The Kier molecular flexibility index (Phi) is 6.20. The molecule has 1 heterocycles. The molecule has 0 radical (unpaired) electrons. The van der Waals surface area contributed by atoms with Crippen molar-refractivity contribution in [1.29, 1.82) is 0 Å². The van der Waals surface area contributed by atoms with Crippen molar-refractivity contribution in [1.82, 2.24) is 0 Å². The molecule has 1 fully saturated rings. The molecule has 2 nitrogen and oxygen atoms in total. The van der Waals surface area contributed by atoms with Gasteiger partial charge in [-0.05, 0) is 6.42 Å². The van der Waals surface area contributed by atoms with E-state index < -0.39 is 0 Å². The van der Waals surface area contributed by atoms with E-state index in [4.69, 9.17) is 4.74 Å². The Hall–Kier alpha value is -0.0800. The van der Waals surface area contributed by atoms with Crippen LogP contribution in [-0.2, 0) is 4.74 Å². The molecule has 0 amide bonds. The van der Waals surface area contributed by atoms with Crippen LogP contribution in [0.25, 0.3) is 0 Å². The summed E-state index contributed by atoms with van der Waals surface area (Å²) in [5.41, 5.74) is 0. The minimum atomic E-state index is -0.189. The lowest BCUT2D eigenvalue weighted by Crippen LogP contribution is -2.13. The number of aliphatic hydroxyl groups is 1. The van der Waals surface area contributed by atoms with Crippen molar-refractivity contribution < 1.29 is 9.84 Å². The second-order valence-corrected chi connectivity index (χ2v) is 4.35. The average Bonchev–Trinajstić information content (AvgIpc) is 2.99. The largest absolute Gasteiger partial charge is 0.390 e. The molecule has 1 saturated heterocycles. The summed E-state index contributed by atoms with van der Waals surface area (Å²) in [5.74, 6) is 0. The molecule has 1 aliphatic heterocycles. The molecular weight excluding hydrogens is 176 g/mol. The maximum atomic E-state index is 9.50. The Labute approximate surface area is 87.7 Å². The highest BCUT2D eigenvalue weighted by Gasteiger charge is 2.30. The van der Waals surface area contributed by atoms with E-state index in [2.05, 4.69) is 6.92 Å². The van der Waals surface area contributed by atoms with Crippen LogP contribution in [0.3, 0.4) is 0 Å². The highest BCUT2D eigenvalue weighted by Crippen LogP contribution is 2.19. The predicted octanol–water partition coefficient (Wildman–Crippen LogP) is 2.89. The van der Waals surface area contributed by atoms with Crippen molar-refractivity contribution in [2.24, 2.45) is 0 Å². The molecule has 0 bridgehead atoms. The Morgan fingerprint density at radius 2 is 1.71 bits per heavy atom. The molecule has 0 aromatic heterocycles. The normalized spacial score (nSPS) is 22.3. The number of hydrogen-bond donors (Lipinski definition) is 1. The number of ether oxygens (including phenoxy) is 1. The van der Waals surface area contributed by atoms with Crippen LogP contribution in [0.1, 0.15) is 58.3 Å². The van der Waals surface area contributed by atoms with Gasteiger partial charge in [0.2, 0.25) is 0 Å². The fraction of sp³-hybridized carbons (Fsp3) is 1.00. The lowest BCUT2D eigenvalue weighted by Gasteiger charge is -2.06. The number of unbranched alkanes of at least 4 members (excludes halogenated alkanes) is 6. The number of rotatable bonds is 9. The Bertz CT molecular complexity index is 132. The van der Waals surface area contributed by atoms with Gasteiger partial charge in [0.05, 0.1) is 12.7 Å². The van der Waals surface area contributed by atoms with Gasteiger partial charge < -0.3 is 9.84 Å². The first-order valence-corrected chi connectivity index (χ1v) is 6.14. The molecule has 0 aromatic carbocycles. The summed E-state index contributed by atoms with van der Waals surface area (Å²) < 4.78 is 5.03. The number of epoxide rings is 1. The topological polar surface area (TPSA) is 32.8 Å². The number of aliphatic hydroxyl groups excluding tert-OH is 1. The van der Waals surface area contributed by atoms with Gasteiger partial charge in [-0.1, -0.05) is 51.9 Å². The zero-order chi connectivity index (χ0) is 10.2. The van der Waals surface area contributed by atoms with Gasteiger partial charge in [-0.15, -0.1) is 0 Å². The van der Waals surface area contributed by atoms with E-state index in [0.29, 0.717) is 0 Å². The molecule has 0 aliphatic carbocycles. The SMILES string of the molecule is CCCCCCCCC[C@H](O)[C@@H]1CO1. The summed E-state index contributed by atoms with van der Waals surface area (Å²) in [4.78, 5) is 0.